The molecule has 0 N–H and O–H groups in total. The Balaban J connectivity index is 1.51. The fraction of sp³-hybridized carbons (Fsp3) is 0.474. The first-order chi connectivity index (χ1) is 12.7. The maximum Gasteiger partial charge on any atom is 0.416 e. The van der Waals surface area contributed by atoms with Crippen molar-refractivity contribution in [2.45, 2.75) is 26.6 Å². The van der Waals surface area contributed by atoms with Crippen LogP contribution in [0.25, 0.3) is 0 Å². The first kappa shape index (κ1) is 19.4. The number of hydrogen-bond donors (Lipinski definition) is 0. The number of hydrogen-bond acceptors (Lipinski definition) is 3. The number of alkyl halides is 3. The number of amides is 1. The van der Waals surface area contributed by atoms with Crippen LogP contribution in [0.4, 0.5) is 13.2 Å². The van der Waals surface area contributed by atoms with Gasteiger partial charge >= 0.3 is 6.18 Å². The molecule has 5 nitrogen and oxygen atoms in total. The summed E-state index contributed by atoms with van der Waals surface area (Å²) in [5.74, 6) is -0.220. The average molecular weight is 380 g/mol. The van der Waals surface area contributed by atoms with Gasteiger partial charge in [-0.05, 0) is 44.2 Å². The smallest absolute Gasteiger partial charge is 0.336 e. The van der Waals surface area contributed by atoms with Crippen LogP contribution >= 0.6 is 0 Å². The summed E-state index contributed by atoms with van der Waals surface area (Å²) in [6, 6.07) is 6.46. The molecule has 0 saturated carbocycles. The van der Waals surface area contributed by atoms with E-state index in [0.29, 0.717) is 18.7 Å². The van der Waals surface area contributed by atoms with Gasteiger partial charge in [-0.1, -0.05) is 0 Å². The van der Waals surface area contributed by atoms with Crippen LogP contribution in [0.5, 0.6) is 0 Å². The summed E-state index contributed by atoms with van der Waals surface area (Å²) in [5.41, 5.74) is 1.68. The predicted molar refractivity (Wildman–Crippen MR) is 95.5 cm³/mol. The Morgan fingerprint density at radius 2 is 1.67 bits per heavy atom. The number of carbonyl (C=O) groups excluding carboxylic acids is 1. The lowest BCUT2D eigenvalue weighted by atomic mass is 10.1. The number of benzene rings is 1. The molecule has 0 bridgehead atoms. The summed E-state index contributed by atoms with van der Waals surface area (Å²) in [6.45, 7) is 8.26. The molecule has 1 aliphatic heterocycles. The van der Waals surface area contributed by atoms with Gasteiger partial charge in [0.05, 0.1) is 17.8 Å². The van der Waals surface area contributed by atoms with Gasteiger partial charge in [-0.3, -0.25) is 14.4 Å². The zero-order valence-electron chi connectivity index (χ0n) is 15.5. The molecule has 0 aliphatic carbocycles. The molecule has 3 rings (SSSR count). The molecular formula is C19H23F3N4O. The fourth-order valence-corrected chi connectivity index (χ4v) is 3.30. The van der Waals surface area contributed by atoms with E-state index in [4.69, 9.17) is 0 Å². The lowest BCUT2D eigenvalue weighted by Gasteiger charge is -2.34. The Morgan fingerprint density at radius 1 is 1.04 bits per heavy atom. The van der Waals surface area contributed by atoms with Gasteiger partial charge in [-0.2, -0.15) is 18.3 Å². The molecule has 8 heteroatoms. The van der Waals surface area contributed by atoms with Crippen LogP contribution in [-0.4, -0.2) is 58.2 Å². The zero-order chi connectivity index (χ0) is 19.6. The third-order valence-electron chi connectivity index (χ3n) is 4.85. The Morgan fingerprint density at radius 3 is 2.19 bits per heavy atom. The molecule has 1 aromatic carbocycles. The predicted octanol–water partition coefficient (Wildman–Crippen LogP) is 2.98. The monoisotopic (exact) mass is 380 g/mol. The van der Waals surface area contributed by atoms with Crippen molar-refractivity contribution in [1.82, 2.24) is 19.6 Å². The molecule has 1 aliphatic rings. The van der Waals surface area contributed by atoms with E-state index < -0.39 is 11.7 Å². The molecule has 1 aromatic heterocycles. The van der Waals surface area contributed by atoms with Gasteiger partial charge in [-0.25, -0.2) is 0 Å². The van der Waals surface area contributed by atoms with Crippen LogP contribution in [-0.2, 0) is 12.7 Å². The molecule has 0 unspecified atom stereocenters. The molecule has 1 amide bonds. The Kier molecular flexibility index (Phi) is 5.55. The lowest BCUT2D eigenvalue weighted by Crippen LogP contribution is -2.49. The average Bonchev–Trinajstić information content (AvgIpc) is 2.96. The number of aryl methyl sites for hydroxylation is 2. The van der Waals surface area contributed by atoms with Crippen LogP contribution in [0.1, 0.15) is 27.3 Å². The number of carbonyl (C=O) groups is 1. The molecule has 1 fully saturated rings. The number of piperazine rings is 1. The van der Waals surface area contributed by atoms with Crippen molar-refractivity contribution in [3.63, 3.8) is 0 Å². The van der Waals surface area contributed by atoms with E-state index in [1.165, 1.54) is 12.1 Å². The molecular weight excluding hydrogens is 357 g/mol. The highest BCUT2D eigenvalue weighted by atomic mass is 19.4. The Labute approximate surface area is 156 Å². The van der Waals surface area contributed by atoms with Crippen molar-refractivity contribution in [3.05, 3.63) is 52.8 Å². The highest BCUT2D eigenvalue weighted by Gasteiger charge is 2.30. The van der Waals surface area contributed by atoms with Gasteiger partial charge in [-0.15, -0.1) is 0 Å². The normalized spacial score (nSPS) is 16.0. The number of rotatable bonds is 4. The lowest BCUT2D eigenvalue weighted by molar-refractivity contribution is -0.137. The minimum absolute atomic E-state index is 0.220. The molecule has 146 valence electrons. The molecule has 1 saturated heterocycles. The van der Waals surface area contributed by atoms with E-state index in [-0.39, 0.29) is 5.91 Å². The van der Waals surface area contributed by atoms with Crippen LogP contribution in [0, 0.1) is 13.8 Å². The summed E-state index contributed by atoms with van der Waals surface area (Å²) in [5, 5.41) is 4.45. The van der Waals surface area contributed by atoms with Crippen LogP contribution in [0.15, 0.2) is 30.3 Å². The fourth-order valence-electron chi connectivity index (χ4n) is 3.30. The second kappa shape index (κ2) is 7.72. The van der Waals surface area contributed by atoms with Gasteiger partial charge in [0, 0.05) is 44.0 Å². The summed E-state index contributed by atoms with van der Waals surface area (Å²) in [7, 11) is 0. The third-order valence-corrected chi connectivity index (χ3v) is 4.85. The maximum atomic E-state index is 12.6. The first-order valence-corrected chi connectivity index (χ1v) is 8.94. The minimum Gasteiger partial charge on any atom is -0.336 e. The molecule has 2 heterocycles. The Hall–Kier alpha value is -2.35. The number of nitrogens with zero attached hydrogens (tertiary/aromatic N) is 4. The highest BCUT2D eigenvalue weighted by Crippen LogP contribution is 2.29. The van der Waals surface area contributed by atoms with E-state index >= 15 is 0 Å². The SMILES string of the molecule is Cc1cc(C)n(CCN2CCN(C(=O)c3ccc(C(F)(F)F)cc3)CC2)n1. The van der Waals surface area contributed by atoms with Crippen LogP contribution in [0.2, 0.25) is 0 Å². The quantitative estimate of drug-likeness (QED) is 0.819. The molecule has 0 spiro atoms. The van der Waals surface area contributed by atoms with Crippen LogP contribution < -0.4 is 0 Å². The highest BCUT2D eigenvalue weighted by molar-refractivity contribution is 5.94. The van der Waals surface area contributed by atoms with Gasteiger partial charge in [0.1, 0.15) is 0 Å². The maximum absolute atomic E-state index is 12.6. The number of halogens is 3. The van der Waals surface area contributed by atoms with Crippen molar-refractivity contribution in [1.29, 1.82) is 0 Å². The topological polar surface area (TPSA) is 41.4 Å². The summed E-state index contributed by atoms with van der Waals surface area (Å²) in [4.78, 5) is 16.5. The van der Waals surface area contributed by atoms with Crippen molar-refractivity contribution >= 4 is 5.91 Å². The largest absolute Gasteiger partial charge is 0.416 e. The second-order valence-corrected chi connectivity index (χ2v) is 6.86. The van der Waals surface area contributed by atoms with Gasteiger partial charge < -0.3 is 4.90 Å². The van der Waals surface area contributed by atoms with Gasteiger partial charge in [0.2, 0.25) is 0 Å². The molecule has 27 heavy (non-hydrogen) atoms. The van der Waals surface area contributed by atoms with E-state index in [9.17, 15) is 18.0 Å². The van der Waals surface area contributed by atoms with Crippen LogP contribution in [0.3, 0.4) is 0 Å². The van der Waals surface area contributed by atoms with Crippen molar-refractivity contribution in [2.75, 3.05) is 32.7 Å². The molecule has 0 radical (unpaired) electrons. The second-order valence-electron chi connectivity index (χ2n) is 6.86. The van der Waals surface area contributed by atoms with Gasteiger partial charge in [0.15, 0.2) is 0 Å². The van der Waals surface area contributed by atoms with Crippen molar-refractivity contribution in [3.8, 4) is 0 Å². The van der Waals surface area contributed by atoms with Crippen molar-refractivity contribution in [2.24, 2.45) is 0 Å². The van der Waals surface area contributed by atoms with E-state index in [0.717, 1.165) is 49.7 Å². The van der Waals surface area contributed by atoms with E-state index in [2.05, 4.69) is 10.00 Å². The van der Waals surface area contributed by atoms with E-state index in [1.54, 1.807) is 4.90 Å². The first-order valence-electron chi connectivity index (χ1n) is 8.94. The Bertz CT molecular complexity index is 790. The summed E-state index contributed by atoms with van der Waals surface area (Å²) >= 11 is 0. The molecule has 0 atom stereocenters. The molecule has 2 aromatic rings. The zero-order valence-corrected chi connectivity index (χ0v) is 15.5. The van der Waals surface area contributed by atoms with Crippen molar-refractivity contribution < 1.29 is 18.0 Å². The third kappa shape index (κ3) is 4.68. The van der Waals surface area contributed by atoms with Gasteiger partial charge in [0.25, 0.3) is 5.91 Å². The minimum atomic E-state index is -4.39. The van der Waals surface area contributed by atoms with E-state index in [1.807, 2.05) is 24.6 Å². The standard InChI is InChI=1S/C19H23F3N4O/c1-14-13-15(2)26(23-14)12-9-24-7-10-25(11-8-24)18(27)16-3-5-17(6-4-16)19(20,21)22/h3-6,13H,7-12H2,1-2H3. The number of aromatic nitrogens is 2. The summed E-state index contributed by atoms with van der Waals surface area (Å²) < 4.78 is 39.9. The summed E-state index contributed by atoms with van der Waals surface area (Å²) in [6.07, 6.45) is -4.39.